The average molecular weight is 942 g/mol. The van der Waals surface area contributed by atoms with Crippen molar-refractivity contribution in [2.24, 2.45) is 0 Å². The number of hydrogen-bond donors (Lipinski definition) is 0. The number of carbonyl (C=O) groups excluding carboxylic acids is 1. The van der Waals surface area contributed by atoms with Crippen LogP contribution >= 0.6 is 39.1 Å². The Balaban J connectivity index is 0.000000749. The summed E-state index contributed by atoms with van der Waals surface area (Å²) in [4.78, 5) is 10.0. The smallest absolute Gasteiger partial charge is 0.381 e. The minimum Gasteiger partial charge on any atom is -0.381 e. The molecule has 6 rings (SSSR count). The molecular weight excluding hydrogens is 898 g/mol. The van der Waals surface area contributed by atoms with E-state index in [0.717, 1.165) is 19.6 Å². The number of halogens is 10. The first-order valence-electron chi connectivity index (χ1n) is 16.7. The summed E-state index contributed by atoms with van der Waals surface area (Å²) in [6, 6.07) is 32.6. The zero-order valence-electron chi connectivity index (χ0n) is 31.0. The SMILES string of the molecule is C.C1CCOC1.C=Cc1c(F)c(F)c(Br)c(F)c1F.C[P+](c1ccccc1)(c1ccccc1)c1ccccc1.O=Cc1c(F)c(F)c(Br)c(F)c1F.[CH2-]CCC.[Li+]. The zero-order chi connectivity index (χ0) is 41.1. The van der Waals surface area contributed by atoms with Gasteiger partial charge in [-0.15, -0.1) is 0 Å². The van der Waals surface area contributed by atoms with Crippen LogP contribution in [0.5, 0.6) is 0 Å². The topological polar surface area (TPSA) is 26.3 Å². The fourth-order valence-corrected chi connectivity index (χ4v) is 8.56. The summed E-state index contributed by atoms with van der Waals surface area (Å²) in [6.07, 6.45) is 5.26. The molecule has 2 nitrogen and oxygen atoms in total. The summed E-state index contributed by atoms with van der Waals surface area (Å²) in [5, 5.41) is 4.28. The summed E-state index contributed by atoms with van der Waals surface area (Å²) < 4.78 is 105. The van der Waals surface area contributed by atoms with Gasteiger partial charge in [0, 0.05) is 13.2 Å². The summed E-state index contributed by atoms with van der Waals surface area (Å²) >= 11 is 4.68. The van der Waals surface area contributed by atoms with E-state index in [1.165, 1.54) is 35.2 Å². The van der Waals surface area contributed by atoms with Crippen LogP contribution in [0, 0.1) is 53.5 Å². The minimum atomic E-state index is -1.71. The standard InChI is InChI=1S/C19H18P.C8H3BrF4.C7HBrF4O.C4H8O.C4H9.CH4.Li/c1-20(17-11-5-2-6-12-17,18-13-7-3-8-14-18)19-15-9-4-10-16-19;1-2-3-5(10)7(12)4(9)8(13)6(3)11;8-3-6(11)4(9)2(1-13)5(10)7(3)12;1-2-4-5-3-1;1-3-4-2;;/h2-16H,1H3;2H,1H2;1H;1-4H2;1,3-4H2,2H3;1H4;/q+1;;;;-1;;+1. The predicted molar refractivity (Wildman–Crippen MR) is 222 cm³/mol. The predicted octanol–water partition coefficient (Wildman–Crippen LogP) is 10.1. The van der Waals surface area contributed by atoms with Crippen molar-refractivity contribution in [3.8, 4) is 0 Å². The molecule has 0 aliphatic carbocycles. The molecule has 57 heavy (non-hydrogen) atoms. The van der Waals surface area contributed by atoms with E-state index in [0.29, 0.717) is 6.08 Å². The second-order valence-electron chi connectivity index (χ2n) is 11.5. The van der Waals surface area contributed by atoms with Crippen LogP contribution in [0.15, 0.2) is 107 Å². The summed E-state index contributed by atoms with van der Waals surface area (Å²) in [5.74, 6) is -12.5. The molecular formula is C43H43Br2F8LiO2P+. The van der Waals surface area contributed by atoms with E-state index in [-0.39, 0.29) is 32.6 Å². The van der Waals surface area contributed by atoms with Gasteiger partial charge in [-0.1, -0.05) is 88.0 Å². The quantitative estimate of drug-likeness (QED) is 0.0323. The molecule has 0 amide bonds. The van der Waals surface area contributed by atoms with Gasteiger partial charge >= 0.3 is 18.9 Å². The zero-order valence-corrected chi connectivity index (χ0v) is 35.1. The Morgan fingerprint density at radius 1 is 0.632 bits per heavy atom. The fourth-order valence-electron chi connectivity index (χ4n) is 4.66. The molecule has 1 saturated heterocycles. The van der Waals surface area contributed by atoms with E-state index in [2.05, 4.69) is 150 Å². The molecule has 1 aliphatic heterocycles. The van der Waals surface area contributed by atoms with Gasteiger partial charge in [-0.25, -0.2) is 35.1 Å². The second kappa shape index (κ2) is 27.6. The van der Waals surface area contributed by atoms with E-state index >= 15 is 0 Å². The molecule has 0 bridgehead atoms. The van der Waals surface area contributed by atoms with E-state index in [1.807, 2.05) is 0 Å². The maximum Gasteiger partial charge on any atom is 1.00 e. The van der Waals surface area contributed by atoms with Crippen molar-refractivity contribution in [2.75, 3.05) is 19.9 Å². The number of aldehydes is 1. The molecule has 0 atom stereocenters. The maximum absolute atomic E-state index is 12.8. The van der Waals surface area contributed by atoms with Gasteiger partial charge in [0.2, 0.25) is 0 Å². The largest absolute Gasteiger partial charge is 1.00 e. The summed E-state index contributed by atoms with van der Waals surface area (Å²) in [5.41, 5.74) is -2.06. The molecule has 14 heteroatoms. The van der Waals surface area contributed by atoms with Gasteiger partial charge in [-0.05, 0) is 81.1 Å². The van der Waals surface area contributed by atoms with E-state index in [9.17, 15) is 39.9 Å². The van der Waals surface area contributed by atoms with Crippen molar-refractivity contribution in [1.29, 1.82) is 0 Å². The van der Waals surface area contributed by atoms with Crippen molar-refractivity contribution in [2.45, 2.75) is 40.0 Å². The Bertz CT molecular complexity index is 1730. The van der Waals surface area contributed by atoms with Crippen molar-refractivity contribution in [1.82, 2.24) is 0 Å². The van der Waals surface area contributed by atoms with Crippen LogP contribution in [0.25, 0.3) is 6.08 Å². The Morgan fingerprint density at radius 2 is 0.912 bits per heavy atom. The first kappa shape index (κ1) is 53.9. The average Bonchev–Trinajstić information content (AvgIpc) is 3.83. The van der Waals surface area contributed by atoms with Crippen molar-refractivity contribution in [3.05, 3.63) is 171 Å². The molecule has 5 aromatic carbocycles. The fraction of sp³-hybridized carbons (Fsp3) is 0.209. The molecule has 0 radical (unpaired) electrons. The number of benzene rings is 5. The monoisotopic (exact) mass is 939 g/mol. The van der Waals surface area contributed by atoms with Gasteiger partial charge in [-0.3, -0.25) is 4.79 Å². The molecule has 0 spiro atoms. The van der Waals surface area contributed by atoms with Crippen molar-refractivity contribution in [3.63, 3.8) is 0 Å². The Labute approximate surface area is 359 Å². The van der Waals surface area contributed by atoms with Gasteiger partial charge in [0.1, 0.15) is 23.2 Å². The van der Waals surface area contributed by atoms with Gasteiger partial charge in [0.05, 0.1) is 26.7 Å². The van der Waals surface area contributed by atoms with Crippen LogP contribution in [-0.2, 0) is 4.74 Å². The molecule has 1 heterocycles. The van der Waals surface area contributed by atoms with Crippen LogP contribution < -0.4 is 34.8 Å². The second-order valence-corrected chi connectivity index (χ2v) is 16.6. The molecule has 1 fully saturated rings. The Hall–Kier alpha value is -3.10. The van der Waals surface area contributed by atoms with Crippen LogP contribution in [0.1, 0.15) is 56.0 Å². The van der Waals surface area contributed by atoms with E-state index < -0.39 is 73.9 Å². The third kappa shape index (κ3) is 14.6. The first-order chi connectivity index (χ1) is 26.2. The third-order valence-electron chi connectivity index (χ3n) is 7.81. The Morgan fingerprint density at radius 3 is 1.12 bits per heavy atom. The number of hydrogen-bond acceptors (Lipinski definition) is 2. The van der Waals surface area contributed by atoms with Gasteiger partial charge in [0.15, 0.2) is 52.8 Å². The van der Waals surface area contributed by atoms with Gasteiger partial charge in [-0.2, -0.15) is 6.42 Å². The van der Waals surface area contributed by atoms with Gasteiger partial charge in [0.25, 0.3) is 0 Å². The molecule has 1 aliphatic rings. The van der Waals surface area contributed by atoms with Crippen LogP contribution in [-0.4, -0.2) is 26.2 Å². The molecule has 0 unspecified atom stereocenters. The van der Waals surface area contributed by atoms with Crippen LogP contribution in [0.3, 0.4) is 0 Å². The Kier molecular flexibility index (Phi) is 26.1. The van der Waals surface area contributed by atoms with Gasteiger partial charge < -0.3 is 11.7 Å². The van der Waals surface area contributed by atoms with E-state index in [1.54, 1.807) is 0 Å². The minimum absolute atomic E-state index is 0. The molecule has 0 aromatic heterocycles. The number of rotatable bonds is 6. The number of unbranched alkanes of at least 4 members (excludes halogenated alkanes) is 1. The van der Waals surface area contributed by atoms with Crippen molar-refractivity contribution >= 4 is 67.4 Å². The van der Waals surface area contributed by atoms with E-state index in [4.69, 9.17) is 4.74 Å². The van der Waals surface area contributed by atoms with Crippen LogP contribution in [0.4, 0.5) is 35.1 Å². The third-order valence-corrected chi connectivity index (χ3v) is 13.2. The summed E-state index contributed by atoms with van der Waals surface area (Å²) in [6.45, 7) is 13.2. The number of ether oxygens (including phenoxy) is 1. The molecule has 0 saturated carbocycles. The molecule has 302 valence electrons. The number of carbonyl (C=O) groups is 1. The molecule has 0 N–H and O–H groups in total. The van der Waals surface area contributed by atoms with Crippen LogP contribution in [0.2, 0.25) is 0 Å². The maximum atomic E-state index is 12.8. The first-order valence-corrected chi connectivity index (χ1v) is 20.6. The van der Waals surface area contributed by atoms with Crippen molar-refractivity contribution < 1.29 is 63.5 Å². The summed E-state index contributed by atoms with van der Waals surface area (Å²) in [7, 11) is -1.53. The normalized spacial score (nSPS) is 11.2. The molecule has 5 aromatic rings.